The zero-order chi connectivity index (χ0) is 34.1. The molecule has 0 rings (SSSR count). The molecule has 0 aromatic carbocycles. The third-order valence-electron chi connectivity index (χ3n) is 7.26. The quantitative estimate of drug-likeness (QED) is 0.0945. The number of methoxy groups -OCH3 is 4. The van der Waals surface area contributed by atoms with Crippen molar-refractivity contribution < 1.29 is 68.2 Å². The first kappa shape index (κ1) is 56.9. The van der Waals surface area contributed by atoms with Crippen LogP contribution in [0, 0.1) is 0 Å². The average molecular weight is 1120 g/mol. The molecule has 0 amide bonds. The van der Waals surface area contributed by atoms with Crippen LogP contribution in [-0.4, -0.2) is 195 Å². The van der Waals surface area contributed by atoms with Crippen LogP contribution in [0.3, 0.4) is 0 Å². The molecule has 0 aliphatic carbocycles. The molecule has 10 nitrogen and oxygen atoms in total. The van der Waals surface area contributed by atoms with Gasteiger partial charge in [-0.1, -0.05) is 0 Å². The monoisotopic (exact) mass is 1130 g/mol. The van der Waals surface area contributed by atoms with Gasteiger partial charge in [-0.05, 0) is 55.4 Å². The number of hydrogen-bond acceptors (Lipinski definition) is 8. The van der Waals surface area contributed by atoms with Gasteiger partial charge in [0.15, 0.2) is 0 Å². The summed E-state index contributed by atoms with van der Waals surface area (Å²) in [4.78, 5) is 43.3. The van der Waals surface area contributed by atoms with Crippen LogP contribution >= 0.6 is 0 Å². The molecule has 0 heterocycles. The number of rotatable bonds is 12. The Morgan fingerprint density at radius 3 is 0.568 bits per heavy atom. The predicted molar refractivity (Wildman–Crippen MR) is 176 cm³/mol. The molecular formula is C28H52N2O8Se5W-4. The molecular weight excluding hydrogens is 1070 g/mol. The number of carbonyl (C=O) groups excluding carboxylic acids is 4. The normalized spacial score (nSPS) is 11.2. The van der Waals surface area contributed by atoms with Gasteiger partial charge in [0.2, 0.25) is 0 Å². The van der Waals surface area contributed by atoms with Gasteiger partial charge in [0.05, 0.1) is 52.4 Å². The van der Waals surface area contributed by atoms with Crippen molar-refractivity contribution in [3.8, 4) is 0 Å². The predicted octanol–water partition coefficient (Wildman–Crippen LogP) is 1.14. The zero-order valence-corrected chi connectivity index (χ0v) is 39.8. The molecule has 0 N–H and O–H groups in total. The number of ether oxygens (including phenoxy) is 4. The third kappa shape index (κ3) is 23.0. The van der Waals surface area contributed by atoms with E-state index in [0.29, 0.717) is 0 Å². The summed E-state index contributed by atoms with van der Waals surface area (Å²) >= 11 is 9.66. The van der Waals surface area contributed by atoms with E-state index in [1.54, 1.807) is 0 Å². The first-order chi connectivity index (χ1) is 19.6. The Bertz CT molecular complexity index is 729. The van der Waals surface area contributed by atoms with Crippen molar-refractivity contribution in [3.05, 3.63) is 17.9 Å². The summed E-state index contributed by atoms with van der Waals surface area (Å²) in [6, 6.07) is 0. The molecule has 0 spiro atoms. The second-order valence-electron chi connectivity index (χ2n) is 8.50. The Morgan fingerprint density at radius 1 is 0.409 bits per heavy atom. The van der Waals surface area contributed by atoms with Gasteiger partial charge in [0.1, 0.15) is 0 Å². The van der Waals surface area contributed by atoms with Crippen LogP contribution in [0.4, 0.5) is 0 Å². The van der Waals surface area contributed by atoms with E-state index in [1.807, 2.05) is 0 Å². The molecule has 0 fully saturated rings. The molecule has 0 radical (unpaired) electrons. The SMILES string of the molecule is CC[N+](CC)(CC)CC.CC[N+](CC)(CC)CC.COC(=O)/C([Se-])=C(/[Se-])C(=O)OC.COC(=O)/C([Se-])=C(/[Se-])C(=O)OC.[Se-2].[W]. The minimum absolute atomic E-state index is 0. The molecule has 0 aromatic heterocycles. The fourth-order valence-corrected chi connectivity index (χ4v) is 4.82. The maximum Gasteiger partial charge on any atom is 0 e. The molecule has 0 unspecified atom stereocenters. The second kappa shape index (κ2) is 33.5. The summed E-state index contributed by atoms with van der Waals surface area (Å²) in [5.41, 5.74) is 0. The fourth-order valence-electron chi connectivity index (χ4n) is 3.42. The Labute approximate surface area is 324 Å². The molecule has 16 heteroatoms. The molecule has 0 aliphatic heterocycles. The topological polar surface area (TPSA) is 105 Å². The van der Waals surface area contributed by atoms with E-state index >= 15 is 0 Å². The van der Waals surface area contributed by atoms with Crippen molar-refractivity contribution in [3.63, 3.8) is 0 Å². The van der Waals surface area contributed by atoms with E-state index < -0.39 is 23.9 Å². The standard InChI is InChI=1S/2C8H20N.2C6H8O4Se2.Se.W/c2*1-5-9(6-2,7-3)8-4;2*1-9-5(7)3(11)4(12)6(8)10-2;;/h2*5-8H2,1-4H3;2*11-12H,1-2H3;;/q2*+1;;;-2;/p-4/b;;2*4-3-;;. The van der Waals surface area contributed by atoms with Crippen molar-refractivity contribution in [1.82, 2.24) is 0 Å². The van der Waals surface area contributed by atoms with Crippen molar-refractivity contribution in [2.45, 2.75) is 55.4 Å². The minimum Gasteiger partial charge on any atom is -2.00 e. The maximum absolute atomic E-state index is 10.8. The molecule has 262 valence electrons. The van der Waals surface area contributed by atoms with Crippen LogP contribution in [0.2, 0.25) is 0 Å². The Kier molecular flexibility index (Phi) is 43.3. The van der Waals surface area contributed by atoms with Gasteiger partial charge in [0, 0.05) is 21.1 Å². The van der Waals surface area contributed by atoms with Crippen LogP contribution in [0.25, 0.3) is 0 Å². The molecule has 0 saturated carbocycles. The number of nitrogens with zero attached hydrogens (tertiary/aromatic N) is 2. The first-order valence-electron chi connectivity index (χ1n) is 13.8. The smallest absolute Gasteiger partial charge is 0 e. The van der Waals surface area contributed by atoms with Gasteiger partial charge in [0.25, 0.3) is 0 Å². The van der Waals surface area contributed by atoms with E-state index in [9.17, 15) is 19.2 Å². The molecule has 44 heavy (non-hydrogen) atoms. The van der Waals surface area contributed by atoms with Crippen molar-refractivity contribution >= 4 is 105 Å². The van der Waals surface area contributed by atoms with Gasteiger partial charge >= 0.3 is 172 Å². The van der Waals surface area contributed by atoms with E-state index in [-0.39, 0.29) is 56.0 Å². The van der Waals surface area contributed by atoms with Gasteiger partial charge in [-0.2, -0.15) is 0 Å². The summed E-state index contributed by atoms with van der Waals surface area (Å²) in [5, 5.41) is 0. The van der Waals surface area contributed by atoms with Crippen LogP contribution in [-0.2, 0) is 59.2 Å². The van der Waals surface area contributed by atoms with E-state index in [1.165, 1.54) is 89.8 Å². The van der Waals surface area contributed by atoms with Gasteiger partial charge < -0.3 is 26.0 Å². The summed E-state index contributed by atoms with van der Waals surface area (Å²) in [7, 11) is 4.91. The van der Waals surface area contributed by atoms with Crippen molar-refractivity contribution in [1.29, 1.82) is 0 Å². The zero-order valence-electron chi connectivity index (χ0n) is 28.3. The van der Waals surface area contributed by atoms with E-state index in [0.717, 1.165) is 0 Å². The second-order valence-corrected chi connectivity index (χ2v) is 11.9. The number of hydrogen-bond donors (Lipinski definition) is 0. The number of quaternary nitrogens is 2. The van der Waals surface area contributed by atoms with E-state index in [2.05, 4.69) is 138 Å². The van der Waals surface area contributed by atoms with Crippen molar-refractivity contribution in [2.24, 2.45) is 0 Å². The molecule has 0 aromatic rings. The molecule has 0 atom stereocenters. The average Bonchev–Trinajstić information content (AvgIpc) is 3.05. The summed E-state index contributed by atoms with van der Waals surface area (Å²) in [6.07, 6.45) is 0. The number of carbonyl (C=O) groups is 4. The van der Waals surface area contributed by atoms with Gasteiger partial charge in [-0.15, -0.1) is 0 Å². The van der Waals surface area contributed by atoms with Crippen molar-refractivity contribution in [2.75, 3.05) is 80.8 Å². The summed E-state index contributed by atoms with van der Waals surface area (Å²) in [5.74, 6) is -2.41. The number of esters is 4. The first-order valence-corrected chi connectivity index (χ1v) is 17.2. The summed E-state index contributed by atoms with van der Waals surface area (Å²) < 4.78 is 20.4. The van der Waals surface area contributed by atoms with Crippen LogP contribution in [0.1, 0.15) is 55.4 Å². The largest absolute Gasteiger partial charge is 2.00 e. The van der Waals surface area contributed by atoms with E-state index in [4.69, 9.17) is 0 Å². The third-order valence-corrected chi connectivity index (χ3v) is 11.7. The fraction of sp³-hybridized carbons (Fsp3) is 0.714. The summed E-state index contributed by atoms with van der Waals surface area (Å²) in [6.45, 7) is 28.4. The van der Waals surface area contributed by atoms with Gasteiger partial charge in [-0.3, -0.25) is 0 Å². The Balaban J connectivity index is -0.000000109. The van der Waals surface area contributed by atoms with Gasteiger partial charge in [-0.25, -0.2) is 0 Å². The Morgan fingerprint density at radius 2 is 0.523 bits per heavy atom. The minimum atomic E-state index is -0.603. The Hall–Kier alpha value is 0.566. The van der Waals surface area contributed by atoms with Crippen LogP contribution in [0.15, 0.2) is 17.9 Å². The molecule has 0 saturated heterocycles. The van der Waals surface area contributed by atoms with Crippen LogP contribution in [0.5, 0.6) is 0 Å². The molecule has 0 aliphatic rings. The van der Waals surface area contributed by atoms with Crippen LogP contribution < -0.4 is 0 Å². The molecule has 0 bridgehead atoms. The maximum atomic E-state index is 10.8.